The molecule has 1 fully saturated rings. The fraction of sp³-hybridized carbons (Fsp3) is 0.500. The van der Waals surface area contributed by atoms with Crippen LogP contribution in [0.2, 0.25) is 0 Å². The van der Waals surface area contributed by atoms with Crippen molar-refractivity contribution in [3.63, 3.8) is 0 Å². The lowest BCUT2D eigenvalue weighted by molar-refractivity contribution is -0.140. The molecule has 1 heterocycles. The van der Waals surface area contributed by atoms with Gasteiger partial charge >= 0.3 is 11.7 Å². The van der Waals surface area contributed by atoms with E-state index < -0.39 is 28.7 Å². The zero-order valence-electron chi connectivity index (χ0n) is 10.7. The summed E-state index contributed by atoms with van der Waals surface area (Å²) in [7, 11) is 0. The number of rotatable bonds is 5. The van der Waals surface area contributed by atoms with E-state index in [0.717, 1.165) is 12.5 Å². The molecule has 0 saturated heterocycles. The first kappa shape index (κ1) is 14.0. The number of aliphatic carboxylic acids is 1. The van der Waals surface area contributed by atoms with Crippen LogP contribution < -0.4 is 16.6 Å². The summed E-state index contributed by atoms with van der Waals surface area (Å²) < 4.78 is 0. The normalized spacial score (nSPS) is 16.2. The minimum Gasteiger partial charge on any atom is -0.481 e. The molecule has 0 atom stereocenters. The van der Waals surface area contributed by atoms with Gasteiger partial charge in [-0.2, -0.15) is 0 Å². The highest BCUT2D eigenvalue weighted by molar-refractivity contribution is 5.80. The number of hydrogen-bond donors (Lipinski definition) is 4. The summed E-state index contributed by atoms with van der Waals surface area (Å²) >= 11 is 0. The monoisotopic (exact) mass is 281 g/mol. The Morgan fingerprint density at radius 1 is 1.30 bits per heavy atom. The highest BCUT2D eigenvalue weighted by Crippen LogP contribution is 2.34. The first-order valence-corrected chi connectivity index (χ1v) is 6.24. The van der Waals surface area contributed by atoms with Gasteiger partial charge in [0, 0.05) is 11.8 Å². The second kappa shape index (κ2) is 5.32. The van der Waals surface area contributed by atoms with Gasteiger partial charge in [0.15, 0.2) is 0 Å². The van der Waals surface area contributed by atoms with E-state index in [2.05, 4.69) is 10.3 Å². The SMILES string of the molecule is O=C(O)CC1(NC(=O)Cc2cc(=O)[nH]c(=O)[nH]2)CCC1. The molecule has 2 rings (SSSR count). The molecule has 0 bridgehead atoms. The van der Waals surface area contributed by atoms with Crippen LogP contribution in [0, 0.1) is 0 Å². The molecule has 1 aliphatic carbocycles. The van der Waals surface area contributed by atoms with E-state index in [9.17, 15) is 19.2 Å². The molecule has 0 spiro atoms. The van der Waals surface area contributed by atoms with Crippen LogP contribution in [0.15, 0.2) is 15.7 Å². The lowest BCUT2D eigenvalue weighted by atomic mass is 9.74. The van der Waals surface area contributed by atoms with Crippen LogP contribution in [0.4, 0.5) is 0 Å². The lowest BCUT2D eigenvalue weighted by Gasteiger charge is -2.41. The summed E-state index contributed by atoms with van der Waals surface area (Å²) in [5.74, 6) is -1.37. The van der Waals surface area contributed by atoms with Gasteiger partial charge in [-0.3, -0.25) is 19.4 Å². The minimum atomic E-state index is -0.963. The van der Waals surface area contributed by atoms with Crippen molar-refractivity contribution in [2.75, 3.05) is 0 Å². The van der Waals surface area contributed by atoms with Gasteiger partial charge in [0.25, 0.3) is 5.56 Å². The number of carboxylic acids is 1. The second-order valence-electron chi connectivity index (χ2n) is 5.04. The lowest BCUT2D eigenvalue weighted by Crippen LogP contribution is -2.55. The Balaban J connectivity index is 2.03. The Morgan fingerprint density at radius 3 is 2.50 bits per heavy atom. The third-order valence-electron chi connectivity index (χ3n) is 3.37. The number of hydrogen-bond acceptors (Lipinski definition) is 4. The number of carbonyl (C=O) groups is 2. The molecule has 0 unspecified atom stereocenters. The summed E-state index contributed by atoms with van der Waals surface area (Å²) in [5.41, 5.74) is -1.75. The van der Waals surface area contributed by atoms with Crippen LogP contribution in [-0.4, -0.2) is 32.5 Å². The first-order valence-electron chi connectivity index (χ1n) is 6.24. The quantitative estimate of drug-likeness (QED) is 0.556. The van der Waals surface area contributed by atoms with Crippen molar-refractivity contribution in [3.8, 4) is 0 Å². The highest BCUT2D eigenvalue weighted by atomic mass is 16.4. The predicted octanol–water partition coefficient (Wildman–Crippen LogP) is -0.881. The number of nitrogens with one attached hydrogen (secondary N) is 3. The van der Waals surface area contributed by atoms with Crippen molar-refractivity contribution < 1.29 is 14.7 Å². The van der Waals surface area contributed by atoms with E-state index in [1.807, 2.05) is 4.98 Å². The Hall–Kier alpha value is -2.38. The van der Waals surface area contributed by atoms with Crippen LogP contribution in [-0.2, 0) is 16.0 Å². The number of carbonyl (C=O) groups excluding carboxylic acids is 1. The molecule has 0 aliphatic heterocycles. The van der Waals surface area contributed by atoms with Crippen LogP contribution >= 0.6 is 0 Å². The number of aromatic amines is 2. The molecule has 1 amide bonds. The molecule has 1 aliphatic rings. The molecule has 108 valence electrons. The Morgan fingerprint density at radius 2 is 2.00 bits per heavy atom. The van der Waals surface area contributed by atoms with Crippen LogP contribution in [0.3, 0.4) is 0 Å². The van der Waals surface area contributed by atoms with Gasteiger partial charge < -0.3 is 15.4 Å². The maximum Gasteiger partial charge on any atom is 0.325 e. The summed E-state index contributed by atoms with van der Waals surface area (Å²) in [6.45, 7) is 0. The number of carboxylic acid groups (broad SMARTS) is 1. The molecule has 1 aromatic rings. The summed E-state index contributed by atoms with van der Waals surface area (Å²) in [6.07, 6.45) is 1.83. The molecule has 0 radical (unpaired) electrons. The van der Waals surface area contributed by atoms with Crippen LogP contribution in [0.1, 0.15) is 31.4 Å². The van der Waals surface area contributed by atoms with Crippen molar-refractivity contribution in [3.05, 3.63) is 32.6 Å². The standard InChI is InChI=1S/C12H15N3O5/c16-8-4-7(13-11(20)14-8)5-9(17)15-12(2-1-3-12)6-10(18)19/h4H,1-3,5-6H2,(H,15,17)(H,18,19)(H2,13,14,16,20). The molecule has 1 saturated carbocycles. The van der Waals surface area contributed by atoms with Crippen molar-refractivity contribution >= 4 is 11.9 Å². The first-order chi connectivity index (χ1) is 9.38. The topological polar surface area (TPSA) is 132 Å². The Kier molecular flexibility index (Phi) is 3.73. The zero-order chi connectivity index (χ0) is 14.8. The van der Waals surface area contributed by atoms with Gasteiger partial charge in [0.05, 0.1) is 18.4 Å². The number of H-pyrrole nitrogens is 2. The fourth-order valence-electron chi connectivity index (χ4n) is 2.37. The van der Waals surface area contributed by atoms with Gasteiger partial charge in [0.2, 0.25) is 5.91 Å². The molecular formula is C12H15N3O5. The Bertz CT molecular complexity index is 613. The van der Waals surface area contributed by atoms with E-state index in [4.69, 9.17) is 5.11 Å². The molecule has 0 aromatic carbocycles. The van der Waals surface area contributed by atoms with E-state index in [1.54, 1.807) is 0 Å². The molecule has 8 nitrogen and oxygen atoms in total. The van der Waals surface area contributed by atoms with E-state index in [0.29, 0.717) is 12.8 Å². The second-order valence-corrected chi connectivity index (χ2v) is 5.04. The summed E-state index contributed by atoms with van der Waals surface area (Å²) in [6, 6.07) is 1.13. The molecule has 20 heavy (non-hydrogen) atoms. The summed E-state index contributed by atoms with van der Waals surface area (Å²) in [5, 5.41) is 11.5. The highest BCUT2D eigenvalue weighted by Gasteiger charge is 2.40. The Labute approximate surface area is 113 Å². The number of amides is 1. The zero-order valence-corrected chi connectivity index (χ0v) is 10.7. The van der Waals surface area contributed by atoms with Gasteiger partial charge in [-0.15, -0.1) is 0 Å². The van der Waals surface area contributed by atoms with E-state index >= 15 is 0 Å². The smallest absolute Gasteiger partial charge is 0.325 e. The average Bonchev–Trinajstić information content (AvgIpc) is 2.23. The molecule has 8 heteroatoms. The third kappa shape index (κ3) is 3.34. The van der Waals surface area contributed by atoms with Gasteiger partial charge in [-0.1, -0.05) is 0 Å². The van der Waals surface area contributed by atoms with Crippen molar-refractivity contribution in [2.24, 2.45) is 0 Å². The van der Waals surface area contributed by atoms with Crippen molar-refractivity contribution in [1.29, 1.82) is 0 Å². The summed E-state index contributed by atoms with van der Waals surface area (Å²) in [4.78, 5) is 49.2. The third-order valence-corrected chi connectivity index (χ3v) is 3.37. The molecular weight excluding hydrogens is 266 g/mol. The predicted molar refractivity (Wildman–Crippen MR) is 68.4 cm³/mol. The van der Waals surface area contributed by atoms with Gasteiger partial charge in [-0.25, -0.2) is 4.79 Å². The van der Waals surface area contributed by atoms with E-state index in [1.165, 1.54) is 0 Å². The van der Waals surface area contributed by atoms with E-state index in [-0.39, 0.29) is 18.5 Å². The van der Waals surface area contributed by atoms with Crippen molar-refractivity contribution in [2.45, 2.75) is 37.6 Å². The van der Waals surface area contributed by atoms with Crippen molar-refractivity contribution in [1.82, 2.24) is 15.3 Å². The minimum absolute atomic E-state index is 0.120. The number of aromatic nitrogens is 2. The van der Waals surface area contributed by atoms with Crippen LogP contribution in [0.5, 0.6) is 0 Å². The maximum absolute atomic E-state index is 11.9. The fourth-order valence-corrected chi connectivity index (χ4v) is 2.37. The maximum atomic E-state index is 11.9. The average molecular weight is 281 g/mol. The van der Waals surface area contributed by atoms with Crippen LogP contribution in [0.25, 0.3) is 0 Å². The molecule has 1 aromatic heterocycles. The molecule has 4 N–H and O–H groups in total. The van der Waals surface area contributed by atoms with Gasteiger partial charge in [-0.05, 0) is 19.3 Å². The largest absolute Gasteiger partial charge is 0.481 e. The van der Waals surface area contributed by atoms with Gasteiger partial charge in [0.1, 0.15) is 0 Å².